The van der Waals surface area contributed by atoms with Crippen LogP contribution in [-0.4, -0.2) is 46.6 Å². The van der Waals surface area contributed by atoms with Crippen LogP contribution in [0.1, 0.15) is 23.6 Å². The number of carbonyl (C=O) groups is 3. The van der Waals surface area contributed by atoms with Crippen molar-refractivity contribution >= 4 is 28.9 Å². The number of para-hydroxylation sites is 1. The van der Waals surface area contributed by atoms with Crippen LogP contribution in [0.15, 0.2) is 91.1 Å². The van der Waals surface area contributed by atoms with Gasteiger partial charge in [0.2, 0.25) is 5.91 Å². The molecule has 0 radical (unpaired) electrons. The highest BCUT2D eigenvalue weighted by Gasteiger charge is 2.33. The molecule has 39 heavy (non-hydrogen) atoms. The van der Waals surface area contributed by atoms with Gasteiger partial charge in [-0.1, -0.05) is 78.9 Å². The maximum atomic E-state index is 14.1. The number of esters is 1. The third-order valence-electron chi connectivity index (χ3n) is 6.70. The van der Waals surface area contributed by atoms with Crippen molar-refractivity contribution in [3.8, 4) is 0 Å². The van der Waals surface area contributed by atoms with Gasteiger partial charge >= 0.3 is 12.1 Å². The Labute approximate surface area is 228 Å². The number of nitrogens with zero attached hydrogens (tertiary/aromatic N) is 2. The van der Waals surface area contributed by atoms with Gasteiger partial charge in [0.1, 0.15) is 18.7 Å². The first-order chi connectivity index (χ1) is 18.9. The summed E-state index contributed by atoms with van der Waals surface area (Å²) in [6.45, 7) is 1.85. The van der Waals surface area contributed by atoms with Gasteiger partial charge in [-0.3, -0.25) is 4.79 Å². The number of benzene rings is 3. The molecule has 1 aromatic heterocycles. The Morgan fingerprint density at radius 3 is 2.18 bits per heavy atom. The van der Waals surface area contributed by atoms with Gasteiger partial charge in [-0.25, -0.2) is 9.59 Å². The zero-order valence-electron chi connectivity index (χ0n) is 22.4. The minimum atomic E-state index is -0.991. The first kappa shape index (κ1) is 27.4. The second kappa shape index (κ2) is 12.8. The smallest absolute Gasteiger partial charge is 0.408 e. The second-order valence-corrected chi connectivity index (χ2v) is 9.40. The summed E-state index contributed by atoms with van der Waals surface area (Å²) in [5.74, 6) is -0.962. The maximum absolute atomic E-state index is 14.1. The van der Waals surface area contributed by atoms with Crippen molar-refractivity contribution in [3.05, 3.63) is 108 Å². The standard InChI is InChI=1S/C31H33N3O5/c1-22(30(36)38-3)34(19-23-12-6-4-7-13-23)29(35)27(32-31(37)39-21-24-14-8-5-9-15-24)18-25-20-33(2)28-17-11-10-16-26(25)28/h4-17,20,22,27H,18-19,21H2,1-3H3,(H,32,37)/t22-,27-/m0/s1. The molecule has 202 valence electrons. The number of rotatable bonds is 10. The number of aromatic nitrogens is 1. The monoisotopic (exact) mass is 527 g/mol. The van der Waals surface area contributed by atoms with Crippen molar-refractivity contribution in [1.29, 1.82) is 0 Å². The Morgan fingerprint density at radius 2 is 1.51 bits per heavy atom. The molecule has 1 N–H and O–H groups in total. The van der Waals surface area contributed by atoms with E-state index >= 15 is 0 Å². The van der Waals surface area contributed by atoms with Crippen molar-refractivity contribution in [2.75, 3.05) is 7.11 Å². The van der Waals surface area contributed by atoms with Crippen LogP contribution in [0.4, 0.5) is 4.79 Å². The normalized spacial score (nSPS) is 12.4. The number of methoxy groups -OCH3 is 1. The fourth-order valence-corrected chi connectivity index (χ4v) is 4.60. The van der Waals surface area contributed by atoms with Crippen LogP contribution < -0.4 is 5.32 Å². The number of aryl methyl sites for hydroxylation is 1. The lowest BCUT2D eigenvalue weighted by molar-refractivity contribution is -0.153. The predicted molar refractivity (Wildman–Crippen MR) is 149 cm³/mol. The molecule has 0 saturated carbocycles. The number of carbonyl (C=O) groups excluding carboxylic acids is 3. The van der Waals surface area contributed by atoms with Crippen LogP contribution in [0, 0.1) is 0 Å². The number of hydrogen-bond donors (Lipinski definition) is 1. The van der Waals surface area contributed by atoms with E-state index in [1.165, 1.54) is 12.0 Å². The zero-order chi connectivity index (χ0) is 27.8. The Hall–Kier alpha value is -4.59. The molecule has 0 saturated heterocycles. The lowest BCUT2D eigenvalue weighted by atomic mass is 10.0. The molecular formula is C31H33N3O5. The maximum Gasteiger partial charge on any atom is 0.408 e. The highest BCUT2D eigenvalue weighted by molar-refractivity contribution is 5.91. The molecule has 0 bridgehead atoms. The first-order valence-electron chi connectivity index (χ1n) is 12.8. The molecule has 2 atom stereocenters. The van der Waals surface area contributed by atoms with Crippen molar-refractivity contribution in [2.45, 2.75) is 38.6 Å². The fraction of sp³-hybridized carbons (Fsp3) is 0.258. The Kier molecular flexibility index (Phi) is 8.99. The summed E-state index contributed by atoms with van der Waals surface area (Å²) in [6, 6.07) is 24.7. The summed E-state index contributed by atoms with van der Waals surface area (Å²) >= 11 is 0. The molecule has 0 fully saturated rings. The Morgan fingerprint density at radius 1 is 0.897 bits per heavy atom. The van der Waals surface area contributed by atoms with Gasteiger partial charge in [0, 0.05) is 37.1 Å². The van der Waals surface area contributed by atoms with E-state index < -0.39 is 30.1 Å². The number of ether oxygens (including phenoxy) is 2. The molecule has 0 aliphatic heterocycles. The highest BCUT2D eigenvalue weighted by Crippen LogP contribution is 2.23. The Balaban J connectivity index is 1.63. The lowest BCUT2D eigenvalue weighted by Gasteiger charge is -2.31. The van der Waals surface area contributed by atoms with Crippen LogP contribution in [-0.2, 0) is 45.7 Å². The molecule has 0 aliphatic rings. The summed E-state index contributed by atoms with van der Waals surface area (Å²) in [7, 11) is 3.22. The number of hydrogen-bond acceptors (Lipinski definition) is 5. The molecule has 2 amide bonds. The zero-order valence-corrected chi connectivity index (χ0v) is 22.4. The molecule has 8 heteroatoms. The molecule has 8 nitrogen and oxygen atoms in total. The summed E-state index contributed by atoms with van der Waals surface area (Å²) in [4.78, 5) is 41.0. The number of alkyl carbamates (subject to hydrolysis) is 1. The van der Waals surface area contributed by atoms with E-state index in [1.54, 1.807) is 6.92 Å². The lowest BCUT2D eigenvalue weighted by Crippen LogP contribution is -2.53. The van der Waals surface area contributed by atoms with Gasteiger partial charge in [-0.15, -0.1) is 0 Å². The second-order valence-electron chi connectivity index (χ2n) is 9.40. The van der Waals surface area contributed by atoms with Crippen LogP contribution in [0.5, 0.6) is 0 Å². The number of nitrogens with one attached hydrogen (secondary N) is 1. The SMILES string of the molecule is COC(=O)[C@H](C)N(Cc1ccccc1)C(=O)[C@H](Cc1cn(C)c2ccccc12)NC(=O)OCc1ccccc1. The summed E-state index contributed by atoms with van der Waals surface area (Å²) in [6.07, 6.45) is 1.44. The average molecular weight is 528 g/mol. The fourth-order valence-electron chi connectivity index (χ4n) is 4.60. The molecule has 0 spiro atoms. The minimum absolute atomic E-state index is 0.0636. The minimum Gasteiger partial charge on any atom is -0.467 e. The third kappa shape index (κ3) is 6.84. The van der Waals surface area contributed by atoms with Crippen molar-refractivity contribution < 1.29 is 23.9 Å². The van der Waals surface area contributed by atoms with Gasteiger partial charge in [0.15, 0.2) is 0 Å². The summed E-state index contributed by atoms with van der Waals surface area (Å²) in [5.41, 5.74) is 3.57. The highest BCUT2D eigenvalue weighted by atomic mass is 16.5. The Bertz CT molecular complexity index is 1420. The summed E-state index contributed by atoms with van der Waals surface area (Å²) < 4.78 is 12.4. The van der Waals surface area contributed by atoms with E-state index in [4.69, 9.17) is 9.47 Å². The molecule has 3 aromatic carbocycles. The van der Waals surface area contributed by atoms with Crippen LogP contribution in [0.3, 0.4) is 0 Å². The van der Waals surface area contributed by atoms with Crippen LogP contribution >= 0.6 is 0 Å². The van der Waals surface area contributed by atoms with Gasteiger partial charge in [0.05, 0.1) is 7.11 Å². The van der Waals surface area contributed by atoms with Crippen molar-refractivity contribution in [2.24, 2.45) is 7.05 Å². The van der Waals surface area contributed by atoms with Gasteiger partial charge in [0.25, 0.3) is 0 Å². The quantitative estimate of drug-likeness (QED) is 0.304. The van der Waals surface area contributed by atoms with Gasteiger partial charge < -0.3 is 24.3 Å². The molecule has 0 unspecified atom stereocenters. The number of fused-ring (bicyclic) bond motifs is 1. The van der Waals surface area contributed by atoms with E-state index in [0.29, 0.717) is 0 Å². The van der Waals surface area contributed by atoms with E-state index in [2.05, 4.69) is 5.32 Å². The van der Waals surface area contributed by atoms with Gasteiger partial charge in [-0.2, -0.15) is 0 Å². The van der Waals surface area contributed by atoms with Crippen molar-refractivity contribution in [1.82, 2.24) is 14.8 Å². The molecule has 4 rings (SSSR count). The third-order valence-corrected chi connectivity index (χ3v) is 6.70. The van der Waals surface area contributed by atoms with Crippen LogP contribution in [0.2, 0.25) is 0 Å². The average Bonchev–Trinajstić information content (AvgIpc) is 3.29. The first-order valence-corrected chi connectivity index (χ1v) is 12.8. The van der Waals surface area contributed by atoms with E-state index in [1.807, 2.05) is 103 Å². The van der Waals surface area contributed by atoms with Crippen molar-refractivity contribution in [3.63, 3.8) is 0 Å². The number of amides is 2. The largest absolute Gasteiger partial charge is 0.467 e. The molecular weight excluding hydrogens is 494 g/mol. The molecule has 0 aliphatic carbocycles. The van der Waals surface area contributed by atoms with Crippen LogP contribution in [0.25, 0.3) is 10.9 Å². The van der Waals surface area contributed by atoms with E-state index in [0.717, 1.165) is 27.6 Å². The predicted octanol–water partition coefficient (Wildman–Crippen LogP) is 4.61. The molecule has 4 aromatic rings. The summed E-state index contributed by atoms with van der Waals surface area (Å²) in [5, 5.41) is 3.75. The van der Waals surface area contributed by atoms with E-state index in [-0.39, 0.29) is 19.6 Å². The van der Waals surface area contributed by atoms with Gasteiger partial charge in [-0.05, 0) is 29.7 Å². The van der Waals surface area contributed by atoms with E-state index in [9.17, 15) is 14.4 Å². The topological polar surface area (TPSA) is 89.9 Å². The molecule has 1 heterocycles.